The molecule has 0 radical (unpaired) electrons. The second kappa shape index (κ2) is 9.40. The summed E-state index contributed by atoms with van der Waals surface area (Å²) in [5, 5.41) is 7.35. The molecular formula is C22H19N5O4S. The summed E-state index contributed by atoms with van der Waals surface area (Å²) in [6.07, 6.45) is 3.56. The summed E-state index contributed by atoms with van der Waals surface area (Å²) in [5.41, 5.74) is 4.56. The number of carbonyl (C=O) groups is 3. The molecule has 0 atom stereocenters. The Bertz CT molecular complexity index is 1250. The van der Waals surface area contributed by atoms with Gasteiger partial charge in [-0.1, -0.05) is 6.07 Å². The zero-order chi connectivity index (χ0) is 22.5. The minimum Gasteiger partial charge on any atom is -0.465 e. The first-order valence-electron chi connectivity index (χ1n) is 9.63. The smallest absolute Gasteiger partial charge is 0.337 e. The first-order valence-corrected chi connectivity index (χ1v) is 10.6. The zero-order valence-electron chi connectivity index (χ0n) is 17.1. The normalized spacial score (nSPS) is 10.7. The van der Waals surface area contributed by atoms with E-state index in [1.807, 2.05) is 12.1 Å². The Kier molecular flexibility index (Phi) is 6.22. The van der Waals surface area contributed by atoms with Gasteiger partial charge in [-0.25, -0.2) is 14.8 Å². The molecule has 162 valence electrons. The fourth-order valence-corrected chi connectivity index (χ4v) is 3.67. The Morgan fingerprint density at radius 2 is 2.06 bits per heavy atom. The lowest BCUT2D eigenvalue weighted by Crippen LogP contribution is -2.23. The summed E-state index contributed by atoms with van der Waals surface area (Å²) in [5.74, 6) is -1.17. The topological polar surface area (TPSA) is 115 Å². The minimum atomic E-state index is -0.548. The van der Waals surface area contributed by atoms with E-state index in [-0.39, 0.29) is 36.0 Å². The summed E-state index contributed by atoms with van der Waals surface area (Å²) >= 11 is 1.41. The van der Waals surface area contributed by atoms with Crippen LogP contribution in [-0.2, 0) is 22.5 Å². The van der Waals surface area contributed by atoms with Crippen molar-refractivity contribution in [2.45, 2.75) is 13.0 Å². The molecule has 0 spiro atoms. The molecule has 10 heteroatoms. The predicted octanol–water partition coefficient (Wildman–Crippen LogP) is 2.69. The van der Waals surface area contributed by atoms with Crippen molar-refractivity contribution in [2.24, 2.45) is 0 Å². The number of methoxy groups -OCH3 is 1. The van der Waals surface area contributed by atoms with Crippen molar-refractivity contribution in [3.8, 4) is 0 Å². The van der Waals surface area contributed by atoms with Gasteiger partial charge < -0.3 is 19.8 Å². The monoisotopic (exact) mass is 449 g/mol. The van der Waals surface area contributed by atoms with E-state index in [2.05, 4.69) is 20.6 Å². The number of imidazole rings is 1. The highest BCUT2D eigenvalue weighted by atomic mass is 32.1. The van der Waals surface area contributed by atoms with Gasteiger partial charge in [0.25, 0.3) is 5.91 Å². The molecule has 0 unspecified atom stereocenters. The van der Waals surface area contributed by atoms with Crippen molar-refractivity contribution in [1.29, 1.82) is 0 Å². The summed E-state index contributed by atoms with van der Waals surface area (Å²) in [7, 11) is 1.28. The van der Waals surface area contributed by atoms with Gasteiger partial charge in [0.15, 0.2) is 0 Å². The van der Waals surface area contributed by atoms with Crippen molar-refractivity contribution < 1.29 is 19.1 Å². The number of nitrogens with zero attached hydrogens (tertiary/aromatic N) is 3. The molecule has 32 heavy (non-hydrogen) atoms. The molecule has 9 nitrogen and oxygen atoms in total. The van der Waals surface area contributed by atoms with Crippen LogP contribution in [0.15, 0.2) is 59.7 Å². The lowest BCUT2D eigenvalue weighted by atomic mass is 10.1. The SMILES string of the molecule is COC(=O)c1cc(CNC(=O)c2cn3ccccc3n2)cc(NC(=O)Cc2cscn2)c1. The third-order valence-corrected chi connectivity index (χ3v) is 5.21. The summed E-state index contributed by atoms with van der Waals surface area (Å²) in [6, 6.07) is 10.3. The van der Waals surface area contributed by atoms with E-state index in [9.17, 15) is 14.4 Å². The fourth-order valence-electron chi connectivity index (χ4n) is 3.11. The molecule has 4 aromatic rings. The molecule has 0 aliphatic rings. The van der Waals surface area contributed by atoms with Gasteiger partial charge in [-0.3, -0.25) is 9.59 Å². The van der Waals surface area contributed by atoms with Crippen molar-refractivity contribution >= 4 is 40.5 Å². The van der Waals surface area contributed by atoms with Crippen LogP contribution in [-0.4, -0.2) is 39.3 Å². The fraction of sp³-hybridized carbons (Fsp3) is 0.136. The Morgan fingerprint density at radius 1 is 1.19 bits per heavy atom. The molecule has 0 fully saturated rings. The minimum absolute atomic E-state index is 0.117. The first-order chi connectivity index (χ1) is 15.5. The number of hydrogen-bond donors (Lipinski definition) is 2. The number of pyridine rings is 1. The number of benzene rings is 1. The van der Waals surface area contributed by atoms with Crippen molar-refractivity contribution in [2.75, 3.05) is 12.4 Å². The molecule has 0 saturated heterocycles. The molecule has 0 saturated carbocycles. The van der Waals surface area contributed by atoms with Crippen LogP contribution >= 0.6 is 11.3 Å². The maximum atomic E-state index is 12.5. The van der Waals surface area contributed by atoms with Gasteiger partial charge in [0.2, 0.25) is 5.91 Å². The Labute approximate surface area is 187 Å². The maximum absolute atomic E-state index is 12.5. The lowest BCUT2D eigenvalue weighted by molar-refractivity contribution is -0.115. The summed E-state index contributed by atoms with van der Waals surface area (Å²) < 4.78 is 6.56. The molecule has 3 aromatic heterocycles. The van der Waals surface area contributed by atoms with Crippen LogP contribution in [0.4, 0.5) is 5.69 Å². The Hall–Kier alpha value is -4.05. The highest BCUT2D eigenvalue weighted by Crippen LogP contribution is 2.17. The number of rotatable bonds is 7. The molecule has 0 aliphatic heterocycles. The van der Waals surface area contributed by atoms with Crippen molar-refractivity contribution in [3.05, 3.63) is 82.2 Å². The largest absolute Gasteiger partial charge is 0.465 e. The van der Waals surface area contributed by atoms with Crippen LogP contribution in [0, 0.1) is 0 Å². The number of nitrogens with one attached hydrogen (secondary N) is 2. The van der Waals surface area contributed by atoms with Crippen LogP contribution in [0.3, 0.4) is 0 Å². The number of hydrogen-bond acceptors (Lipinski definition) is 7. The number of anilines is 1. The van der Waals surface area contributed by atoms with Crippen LogP contribution < -0.4 is 10.6 Å². The van der Waals surface area contributed by atoms with E-state index in [4.69, 9.17) is 4.74 Å². The summed E-state index contributed by atoms with van der Waals surface area (Å²) in [6.45, 7) is 0.131. The highest BCUT2D eigenvalue weighted by molar-refractivity contribution is 7.07. The van der Waals surface area contributed by atoms with Gasteiger partial charge in [0.1, 0.15) is 11.3 Å². The quantitative estimate of drug-likeness (QED) is 0.419. The standard InChI is InChI=1S/C22H19N5O4S/c1-31-22(30)15-6-14(7-16(8-15)25-20(28)9-17-12-32-13-24-17)10-23-21(29)18-11-27-5-3-2-4-19(27)26-18/h2-8,11-13H,9-10H2,1H3,(H,23,29)(H,25,28). The molecule has 0 aliphatic carbocycles. The third-order valence-electron chi connectivity index (χ3n) is 4.57. The van der Waals surface area contributed by atoms with Gasteiger partial charge in [-0.05, 0) is 35.9 Å². The van der Waals surface area contributed by atoms with Crippen LogP contribution in [0.2, 0.25) is 0 Å². The van der Waals surface area contributed by atoms with E-state index in [1.165, 1.54) is 24.5 Å². The van der Waals surface area contributed by atoms with Crippen molar-refractivity contribution in [3.63, 3.8) is 0 Å². The van der Waals surface area contributed by atoms with Gasteiger partial charge in [0.05, 0.1) is 30.3 Å². The molecule has 2 N–H and O–H groups in total. The van der Waals surface area contributed by atoms with Gasteiger partial charge >= 0.3 is 5.97 Å². The van der Waals surface area contributed by atoms with E-state index in [1.54, 1.807) is 45.9 Å². The van der Waals surface area contributed by atoms with E-state index in [0.717, 1.165) is 0 Å². The molecule has 1 aromatic carbocycles. The van der Waals surface area contributed by atoms with Gasteiger partial charge in [-0.15, -0.1) is 11.3 Å². The number of aromatic nitrogens is 3. The maximum Gasteiger partial charge on any atom is 0.337 e. The highest BCUT2D eigenvalue weighted by Gasteiger charge is 2.14. The second-order valence-electron chi connectivity index (χ2n) is 6.89. The van der Waals surface area contributed by atoms with E-state index < -0.39 is 5.97 Å². The number of esters is 1. The summed E-state index contributed by atoms with van der Waals surface area (Å²) in [4.78, 5) is 45.3. The van der Waals surface area contributed by atoms with Crippen LogP contribution in [0.1, 0.15) is 32.1 Å². The molecule has 2 amide bonds. The number of fused-ring (bicyclic) bond motifs is 1. The predicted molar refractivity (Wildman–Crippen MR) is 119 cm³/mol. The van der Waals surface area contributed by atoms with E-state index >= 15 is 0 Å². The first kappa shape index (κ1) is 21.2. The zero-order valence-corrected chi connectivity index (χ0v) is 17.9. The number of thiazole rings is 1. The molecule has 0 bridgehead atoms. The average molecular weight is 449 g/mol. The average Bonchev–Trinajstić information content (AvgIpc) is 3.46. The third kappa shape index (κ3) is 4.98. The molecule has 3 heterocycles. The second-order valence-corrected chi connectivity index (χ2v) is 7.61. The van der Waals surface area contributed by atoms with E-state index in [0.29, 0.717) is 22.6 Å². The van der Waals surface area contributed by atoms with Crippen LogP contribution in [0.25, 0.3) is 5.65 Å². The number of ether oxygens (including phenoxy) is 1. The number of carbonyl (C=O) groups excluding carboxylic acids is 3. The Morgan fingerprint density at radius 3 is 2.81 bits per heavy atom. The Balaban J connectivity index is 1.48. The van der Waals surface area contributed by atoms with Gasteiger partial charge in [-0.2, -0.15) is 0 Å². The van der Waals surface area contributed by atoms with Crippen LogP contribution in [0.5, 0.6) is 0 Å². The van der Waals surface area contributed by atoms with Crippen molar-refractivity contribution in [1.82, 2.24) is 19.7 Å². The lowest BCUT2D eigenvalue weighted by Gasteiger charge is -2.11. The molecular weight excluding hydrogens is 430 g/mol. The van der Waals surface area contributed by atoms with Gasteiger partial charge in [0, 0.05) is 30.0 Å². The number of amides is 2. The molecule has 4 rings (SSSR count).